The Hall–Kier alpha value is -1.75. The number of carboxylic acids is 1. The number of amides is 2. The van der Waals surface area contributed by atoms with Gasteiger partial charge in [-0.3, -0.25) is 4.79 Å². The lowest BCUT2D eigenvalue weighted by Gasteiger charge is -2.23. The van der Waals surface area contributed by atoms with Crippen molar-refractivity contribution in [1.82, 2.24) is 5.32 Å². The van der Waals surface area contributed by atoms with Crippen LogP contribution in [0.5, 0.6) is 0 Å². The lowest BCUT2D eigenvalue weighted by Crippen LogP contribution is -2.42. The van der Waals surface area contributed by atoms with Gasteiger partial charge in [0.1, 0.15) is 0 Å². The Balaban J connectivity index is 2.55. The number of rotatable bonds is 5. The van der Waals surface area contributed by atoms with Gasteiger partial charge in [-0.2, -0.15) is 0 Å². The van der Waals surface area contributed by atoms with E-state index in [4.69, 9.17) is 16.7 Å². The number of carbonyl (C=O) groups is 2. The number of aliphatic carboxylic acids is 1. The van der Waals surface area contributed by atoms with Crippen LogP contribution >= 0.6 is 11.6 Å². The minimum Gasteiger partial charge on any atom is -0.481 e. The Morgan fingerprint density at radius 3 is 2.63 bits per heavy atom. The molecule has 2 amide bonds. The zero-order valence-corrected chi connectivity index (χ0v) is 11.6. The minimum atomic E-state index is -0.967. The van der Waals surface area contributed by atoms with Gasteiger partial charge in [0.25, 0.3) is 0 Å². The smallest absolute Gasteiger partial charge is 0.319 e. The maximum Gasteiger partial charge on any atom is 0.319 e. The number of anilines is 1. The van der Waals surface area contributed by atoms with Gasteiger partial charge in [0, 0.05) is 17.3 Å². The molecule has 0 bridgehead atoms. The van der Waals surface area contributed by atoms with Crippen molar-refractivity contribution in [2.75, 3.05) is 11.9 Å². The number of carbonyl (C=O) groups excluding carboxylic acids is 1. The summed E-state index contributed by atoms with van der Waals surface area (Å²) < 4.78 is 0. The summed E-state index contributed by atoms with van der Waals surface area (Å²) in [5.74, 6) is -0.932. The molecule has 0 saturated carbocycles. The molecule has 0 heterocycles. The molecule has 1 aromatic carbocycles. The summed E-state index contributed by atoms with van der Waals surface area (Å²) in [6.45, 7) is 3.42. The molecule has 5 nitrogen and oxygen atoms in total. The van der Waals surface area contributed by atoms with Crippen LogP contribution in [-0.2, 0) is 4.79 Å². The number of halogens is 1. The molecule has 1 unspecified atom stereocenters. The summed E-state index contributed by atoms with van der Waals surface area (Å²) in [6, 6.07) is 6.26. The van der Waals surface area contributed by atoms with Crippen molar-refractivity contribution >= 4 is 29.3 Å². The Morgan fingerprint density at radius 2 is 2.11 bits per heavy atom. The van der Waals surface area contributed by atoms with Crippen molar-refractivity contribution in [2.24, 2.45) is 5.41 Å². The highest BCUT2D eigenvalue weighted by Crippen LogP contribution is 2.20. The van der Waals surface area contributed by atoms with Crippen molar-refractivity contribution in [3.8, 4) is 0 Å². The molecule has 0 radical (unpaired) electrons. The predicted octanol–water partition coefficient (Wildman–Crippen LogP) is 2.96. The van der Waals surface area contributed by atoms with Crippen LogP contribution < -0.4 is 10.6 Å². The Kier molecular flexibility index (Phi) is 5.18. The van der Waals surface area contributed by atoms with Gasteiger partial charge in [0.15, 0.2) is 0 Å². The fourth-order valence-electron chi connectivity index (χ4n) is 1.37. The molecular formula is C13H17ClN2O3. The van der Waals surface area contributed by atoms with E-state index >= 15 is 0 Å². The summed E-state index contributed by atoms with van der Waals surface area (Å²) in [6.07, 6.45) is 0.430. The van der Waals surface area contributed by atoms with E-state index in [0.717, 1.165) is 0 Å². The summed E-state index contributed by atoms with van der Waals surface area (Å²) in [7, 11) is 0. The van der Waals surface area contributed by atoms with Crippen molar-refractivity contribution in [1.29, 1.82) is 0 Å². The molecule has 0 saturated heterocycles. The number of hydrogen-bond acceptors (Lipinski definition) is 2. The average Bonchev–Trinajstić information content (AvgIpc) is 2.35. The maximum absolute atomic E-state index is 11.7. The monoisotopic (exact) mass is 284 g/mol. The second-order valence-electron chi connectivity index (χ2n) is 4.54. The van der Waals surface area contributed by atoms with E-state index in [2.05, 4.69) is 10.6 Å². The molecule has 1 aromatic rings. The van der Waals surface area contributed by atoms with E-state index < -0.39 is 17.4 Å². The van der Waals surface area contributed by atoms with E-state index in [1.807, 2.05) is 0 Å². The second-order valence-corrected chi connectivity index (χ2v) is 4.97. The van der Waals surface area contributed by atoms with Crippen LogP contribution in [0.4, 0.5) is 10.5 Å². The van der Waals surface area contributed by atoms with Crippen LogP contribution in [0.2, 0.25) is 5.02 Å². The third-order valence-corrected chi connectivity index (χ3v) is 3.25. The van der Waals surface area contributed by atoms with Gasteiger partial charge in [0.05, 0.1) is 5.41 Å². The lowest BCUT2D eigenvalue weighted by atomic mass is 9.88. The lowest BCUT2D eigenvalue weighted by molar-refractivity contribution is -0.147. The van der Waals surface area contributed by atoms with Gasteiger partial charge in [-0.15, -0.1) is 0 Å². The Bertz CT molecular complexity index is 479. The zero-order chi connectivity index (χ0) is 14.5. The molecule has 6 heteroatoms. The molecule has 104 valence electrons. The van der Waals surface area contributed by atoms with E-state index in [9.17, 15) is 9.59 Å². The van der Waals surface area contributed by atoms with E-state index in [-0.39, 0.29) is 6.54 Å². The predicted molar refractivity (Wildman–Crippen MR) is 74.5 cm³/mol. The van der Waals surface area contributed by atoms with Gasteiger partial charge in [-0.25, -0.2) is 4.79 Å². The third-order valence-electron chi connectivity index (χ3n) is 3.02. The normalized spacial score (nSPS) is 13.4. The van der Waals surface area contributed by atoms with E-state index in [1.54, 1.807) is 38.1 Å². The van der Waals surface area contributed by atoms with E-state index in [0.29, 0.717) is 17.1 Å². The Labute approximate surface area is 117 Å². The summed E-state index contributed by atoms with van der Waals surface area (Å²) >= 11 is 5.79. The van der Waals surface area contributed by atoms with Crippen molar-refractivity contribution in [3.63, 3.8) is 0 Å². The second kappa shape index (κ2) is 6.43. The van der Waals surface area contributed by atoms with Gasteiger partial charge in [-0.1, -0.05) is 24.6 Å². The molecule has 0 aliphatic rings. The van der Waals surface area contributed by atoms with Crippen LogP contribution in [0.15, 0.2) is 24.3 Å². The first-order valence-electron chi connectivity index (χ1n) is 5.91. The van der Waals surface area contributed by atoms with Crippen molar-refractivity contribution in [2.45, 2.75) is 20.3 Å². The summed E-state index contributed by atoms with van der Waals surface area (Å²) in [5, 5.41) is 14.7. The first kappa shape index (κ1) is 15.3. The molecule has 1 atom stereocenters. The first-order valence-corrected chi connectivity index (χ1v) is 6.29. The molecule has 0 spiro atoms. The van der Waals surface area contributed by atoms with Crippen molar-refractivity contribution < 1.29 is 14.7 Å². The molecule has 1 rings (SSSR count). The van der Waals surface area contributed by atoms with Crippen LogP contribution in [-0.4, -0.2) is 23.7 Å². The molecule has 0 aliphatic carbocycles. The minimum absolute atomic E-state index is 0.0607. The average molecular weight is 285 g/mol. The Morgan fingerprint density at radius 1 is 1.42 bits per heavy atom. The number of carboxylic acid groups (broad SMARTS) is 1. The van der Waals surface area contributed by atoms with Crippen LogP contribution in [0.3, 0.4) is 0 Å². The molecule has 0 aliphatic heterocycles. The molecule has 19 heavy (non-hydrogen) atoms. The molecule has 0 aromatic heterocycles. The van der Waals surface area contributed by atoms with Crippen LogP contribution in [0, 0.1) is 5.41 Å². The van der Waals surface area contributed by atoms with Gasteiger partial charge in [-0.05, 0) is 31.5 Å². The van der Waals surface area contributed by atoms with Crippen LogP contribution in [0.1, 0.15) is 20.3 Å². The van der Waals surface area contributed by atoms with Crippen molar-refractivity contribution in [3.05, 3.63) is 29.3 Å². The summed E-state index contributed by atoms with van der Waals surface area (Å²) in [5.41, 5.74) is -0.412. The highest BCUT2D eigenvalue weighted by molar-refractivity contribution is 6.30. The summed E-state index contributed by atoms with van der Waals surface area (Å²) in [4.78, 5) is 22.7. The standard InChI is InChI=1S/C13H17ClN2O3/c1-3-13(2,11(17)18)8-15-12(19)16-10-6-4-5-9(14)7-10/h4-7H,3,8H2,1-2H3,(H,17,18)(H2,15,16,19). The van der Waals surface area contributed by atoms with Crippen LogP contribution in [0.25, 0.3) is 0 Å². The zero-order valence-electron chi connectivity index (χ0n) is 10.9. The highest BCUT2D eigenvalue weighted by Gasteiger charge is 2.31. The van der Waals surface area contributed by atoms with Gasteiger partial charge >= 0.3 is 12.0 Å². The SMILES string of the molecule is CCC(C)(CNC(=O)Nc1cccc(Cl)c1)C(=O)O. The largest absolute Gasteiger partial charge is 0.481 e. The number of nitrogens with one attached hydrogen (secondary N) is 2. The fourth-order valence-corrected chi connectivity index (χ4v) is 1.56. The van der Waals surface area contributed by atoms with Gasteiger partial charge < -0.3 is 15.7 Å². The molecule has 3 N–H and O–H groups in total. The fraction of sp³-hybridized carbons (Fsp3) is 0.385. The maximum atomic E-state index is 11.7. The first-order chi connectivity index (χ1) is 8.87. The van der Waals surface area contributed by atoms with E-state index in [1.165, 1.54) is 0 Å². The van der Waals surface area contributed by atoms with Gasteiger partial charge in [0.2, 0.25) is 0 Å². The highest BCUT2D eigenvalue weighted by atomic mass is 35.5. The molecular weight excluding hydrogens is 268 g/mol. The number of hydrogen-bond donors (Lipinski definition) is 3. The quantitative estimate of drug-likeness (QED) is 0.778. The number of urea groups is 1. The molecule has 0 fully saturated rings. The topological polar surface area (TPSA) is 78.4 Å². The third kappa shape index (κ3) is 4.44. The number of benzene rings is 1.